The third-order valence-electron chi connectivity index (χ3n) is 5.38. The molecule has 8 nitrogen and oxygen atoms in total. The molecule has 2 N–H and O–H groups in total. The van der Waals surface area contributed by atoms with E-state index in [1.54, 1.807) is 19.1 Å². The van der Waals surface area contributed by atoms with Crippen LogP contribution < -0.4 is 10.2 Å². The fourth-order valence-electron chi connectivity index (χ4n) is 3.58. The van der Waals surface area contributed by atoms with E-state index in [1.165, 1.54) is 43.6 Å². The van der Waals surface area contributed by atoms with Crippen molar-refractivity contribution in [3.05, 3.63) is 77.5 Å². The van der Waals surface area contributed by atoms with Gasteiger partial charge in [0.25, 0.3) is 11.8 Å². The van der Waals surface area contributed by atoms with Gasteiger partial charge in [0.1, 0.15) is 0 Å². The summed E-state index contributed by atoms with van der Waals surface area (Å²) in [5.41, 5.74) is -0.418. The number of carboxylic acids is 1. The molecule has 0 saturated carbocycles. The minimum atomic E-state index is -3.43. The van der Waals surface area contributed by atoms with Gasteiger partial charge in [0.15, 0.2) is 11.8 Å². The first-order chi connectivity index (χ1) is 16.0. The highest BCUT2D eigenvalue weighted by atomic mass is 19.3. The minimum Gasteiger partial charge on any atom is -0.481 e. The number of aryl methyl sites for hydroxylation is 1. The number of nitrogens with zero attached hydrogens (tertiary/aromatic N) is 2. The number of urea groups is 1. The first-order valence-electron chi connectivity index (χ1n) is 10.4. The number of anilines is 1. The molecule has 178 valence electrons. The van der Waals surface area contributed by atoms with E-state index in [9.17, 15) is 19.2 Å². The molecule has 3 amide bonds. The van der Waals surface area contributed by atoms with Gasteiger partial charge in [-0.15, -0.1) is 0 Å². The molecule has 0 fully saturated rings. The number of alkyl halides is 2. The van der Waals surface area contributed by atoms with Crippen LogP contribution in [0.2, 0.25) is 0 Å². The molecule has 1 heterocycles. The second-order valence-electron chi connectivity index (χ2n) is 7.76. The van der Waals surface area contributed by atoms with Crippen LogP contribution in [-0.4, -0.2) is 53.3 Å². The predicted molar refractivity (Wildman–Crippen MR) is 119 cm³/mol. The lowest BCUT2D eigenvalue weighted by Crippen LogP contribution is -2.57. The summed E-state index contributed by atoms with van der Waals surface area (Å²) in [5.74, 6) is -6.05. The first-order valence-corrected chi connectivity index (χ1v) is 10.4. The van der Waals surface area contributed by atoms with Crippen LogP contribution in [0.5, 0.6) is 0 Å². The van der Waals surface area contributed by atoms with Gasteiger partial charge >= 0.3 is 12.0 Å². The number of nitrogens with one attached hydrogen (secondary N) is 1. The lowest BCUT2D eigenvalue weighted by molar-refractivity contribution is -0.137. The fraction of sp³-hybridized carbons (Fsp3) is 0.250. The van der Waals surface area contributed by atoms with Crippen molar-refractivity contribution in [2.24, 2.45) is 0 Å². The van der Waals surface area contributed by atoms with E-state index in [4.69, 9.17) is 5.11 Å². The Labute approximate surface area is 194 Å². The maximum atomic E-state index is 15.4. The van der Waals surface area contributed by atoms with Crippen molar-refractivity contribution in [2.75, 3.05) is 18.5 Å². The monoisotopic (exact) mass is 471 g/mol. The average molecular weight is 471 g/mol. The molecule has 2 aromatic rings. The number of likely N-dealkylation sites (N-methyl/N-ethyl adjacent to an activating group) is 1. The molecule has 0 saturated heterocycles. The van der Waals surface area contributed by atoms with Crippen molar-refractivity contribution in [2.45, 2.75) is 25.3 Å². The number of amides is 3. The molecule has 1 atom stereocenters. The maximum Gasteiger partial charge on any atom is 0.323 e. The van der Waals surface area contributed by atoms with Crippen molar-refractivity contribution < 1.29 is 33.1 Å². The number of aliphatic carboxylic acids is 1. The van der Waals surface area contributed by atoms with Gasteiger partial charge in [0.05, 0.1) is 6.42 Å². The highest BCUT2D eigenvalue weighted by molar-refractivity contribution is 6.19. The Bertz CT molecular complexity index is 1160. The number of carbonyl (C=O) groups excluding carboxylic acids is 3. The Balaban J connectivity index is 2.06. The smallest absolute Gasteiger partial charge is 0.323 e. The van der Waals surface area contributed by atoms with Crippen LogP contribution >= 0.6 is 0 Å². The van der Waals surface area contributed by atoms with E-state index in [1.807, 2.05) is 0 Å². The minimum absolute atomic E-state index is 0.117. The van der Waals surface area contributed by atoms with E-state index >= 15 is 8.78 Å². The second-order valence-corrected chi connectivity index (χ2v) is 7.76. The maximum absolute atomic E-state index is 15.4. The highest BCUT2D eigenvalue weighted by Gasteiger charge is 2.41. The van der Waals surface area contributed by atoms with Crippen molar-refractivity contribution in [1.29, 1.82) is 0 Å². The number of hydrogen-bond acceptors (Lipinski definition) is 4. The Hall–Kier alpha value is -4.08. The lowest BCUT2D eigenvalue weighted by atomic mass is 9.95. The van der Waals surface area contributed by atoms with Gasteiger partial charge in [-0.3, -0.25) is 19.3 Å². The molecule has 0 aromatic heterocycles. The number of carbonyl (C=O) groups is 4. The highest BCUT2D eigenvalue weighted by Crippen LogP contribution is 2.39. The SMILES string of the molecule is Cc1ccccc1C(F)(F)c1cccc(N(C(=O)NCCC(=O)O)[C@H]2C(=O)C=CN(C)C2=O)c1. The zero-order chi connectivity index (χ0) is 25.0. The third-order valence-corrected chi connectivity index (χ3v) is 5.38. The lowest BCUT2D eigenvalue weighted by Gasteiger charge is -2.33. The quantitative estimate of drug-likeness (QED) is 0.604. The summed E-state index contributed by atoms with van der Waals surface area (Å²) < 4.78 is 30.8. The summed E-state index contributed by atoms with van der Waals surface area (Å²) in [4.78, 5) is 51.1. The van der Waals surface area contributed by atoms with Crippen LogP contribution in [0, 0.1) is 6.92 Å². The molecule has 34 heavy (non-hydrogen) atoms. The van der Waals surface area contributed by atoms with Crippen molar-refractivity contribution in [1.82, 2.24) is 10.2 Å². The van der Waals surface area contributed by atoms with Crippen LogP contribution in [0.15, 0.2) is 60.8 Å². The largest absolute Gasteiger partial charge is 0.481 e. The fourth-order valence-corrected chi connectivity index (χ4v) is 3.58. The summed E-state index contributed by atoms with van der Waals surface area (Å²) in [6.45, 7) is 1.27. The Morgan fingerprint density at radius 3 is 2.53 bits per heavy atom. The molecule has 0 radical (unpaired) electrons. The number of rotatable bonds is 7. The summed E-state index contributed by atoms with van der Waals surface area (Å²) in [7, 11) is 1.39. The van der Waals surface area contributed by atoms with Gasteiger partial charge in [-0.25, -0.2) is 4.79 Å². The number of halogens is 2. The summed E-state index contributed by atoms with van der Waals surface area (Å²) in [6.07, 6.45) is 1.94. The molecule has 1 aliphatic rings. The Morgan fingerprint density at radius 2 is 1.85 bits per heavy atom. The van der Waals surface area contributed by atoms with E-state index in [0.29, 0.717) is 5.56 Å². The number of ketones is 1. The predicted octanol–water partition coefficient (Wildman–Crippen LogP) is 3.05. The summed E-state index contributed by atoms with van der Waals surface area (Å²) in [6, 6.07) is 8.23. The second kappa shape index (κ2) is 9.82. The van der Waals surface area contributed by atoms with Gasteiger partial charge in [-0.2, -0.15) is 8.78 Å². The molecule has 2 aromatic carbocycles. The third kappa shape index (κ3) is 4.95. The number of carboxylic acid groups (broad SMARTS) is 1. The molecule has 0 spiro atoms. The molecular weight excluding hydrogens is 448 g/mol. The van der Waals surface area contributed by atoms with Gasteiger partial charge in [-0.1, -0.05) is 36.4 Å². The van der Waals surface area contributed by atoms with Crippen molar-refractivity contribution >= 4 is 29.4 Å². The van der Waals surface area contributed by atoms with Crippen LogP contribution in [0.25, 0.3) is 0 Å². The van der Waals surface area contributed by atoms with Crippen molar-refractivity contribution in [3.8, 4) is 0 Å². The number of hydrogen-bond donors (Lipinski definition) is 2. The molecule has 1 aliphatic heterocycles. The van der Waals surface area contributed by atoms with Crippen LogP contribution in [0.4, 0.5) is 19.3 Å². The van der Waals surface area contributed by atoms with Crippen LogP contribution in [-0.2, 0) is 20.3 Å². The normalized spacial score (nSPS) is 15.9. The van der Waals surface area contributed by atoms with Crippen LogP contribution in [0.3, 0.4) is 0 Å². The zero-order valence-electron chi connectivity index (χ0n) is 18.5. The van der Waals surface area contributed by atoms with Gasteiger partial charge in [0, 0.05) is 42.7 Å². The Kier molecular flexibility index (Phi) is 7.09. The van der Waals surface area contributed by atoms with E-state index in [0.717, 1.165) is 21.9 Å². The molecule has 0 aliphatic carbocycles. The molecule has 3 rings (SSSR count). The molecular formula is C24H23F2N3O5. The molecule has 0 unspecified atom stereocenters. The van der Waals surface area contributed by atoms with E-state index in [2.05, 4.69) is 5.32 Å². The molecule has 10 heteroatoms. The van der Waals surface area contributed by atoms with Crippen molar-refractivity contribution in [3.63, 3.8) is 0 Å². The Morgan fingerprint density at radius 1 is 1.15 bits per heavy atom. The topological polar surface area (TPSA) is 107 Å². The standard InChI is InChI=1S/C24H23F2N3O5/c1-15-6-3-4-9-18(15)24(25,26)16-7-5-8-17(14-16)29(23(34)27-12-10-20(31)32)21-19(30)11-13-28(2)22(21)33/h3-9,11,13-14,21H,10,12H2,1-2H3,(H,27,34)(H,31,32)/t21-/m0/s1. The zero-order valence-corrected chi connectivity index (χ0v) is 18.5. The first kappa shape index (κ1) is 24.6. The summed E-state index contributed by atoms with van der Waals surface area (Å²) >= 11 is 0. The van der Waals surface area contributed by atoms with Gasteiger partial charge in [0.2, 0.25) is 0 Å². The van der Waals surface area contributed by atoms with E-state index in [-0.39, 0.29) is 17.8 Å². The number of benzene rings is 2. The van der Waals surface area contributed by atoms with Gasteiger partial charge < -0.3 is 15.3 Å². The summed E-state index contributed by atoms with van der Waals surface area (Å²) in [5, 5.41) is 11.2. The average Bonchev–Trinajstić information content (AvgIpc) is 2.79. The molecule has 0 bridgehead atoms. The van der Waals surface area contributed by atoms with Gasteiger partial charge in [-0.05, 0) is 24.6 Å². The van der Waals surface area contributed by atoms with Crippen LogP contribution in [0.1, 0.15) is 23.1 Å². The van der Waals surface area contributed by atoms with E-state index < -0.39 is 47.6 Å².